The van der Waals surface area contributed by atoms with Crippen molar-refractivity contribution in [2.45, 2.75) is 38.8 Å². The number of rotatable bonds is 9. The maximum Gasteiger partial charge on any atom is 0.161 e. The maximum atomic E-state index is 5.37. The maximum absolute atomic E-state index is 5.37. The van der Waals surface area contributed by atoms with E-state index in [0.717, 1.165) is 30.9 Å². The molecule has 0 amide bonds. The van der Waals surface area contributed by atoms with E-state index in [1.807, 2.05) is 12.1 Å². The van der Waals surface area contributed by atoms with Crippen LogP contribution in [0.15, 0.2) is 18.2 Å². The van der Waals surface area contributed by atoms with Crippen molar-refractivity contribution in [3.8, 4) is 11.5 Å². The molecule has 1 aromatic rings. The van der Waals surface area contributed by atoms with Crippen molar-refractivity contribution in [2.24, 2.45) is 0 Å². The Morgan fingerprint density at radius 2 is 1.70 bits per heavy atom. The zero-order valence-electron chi connectivity index (χ0n) is 13.2. The molecule has 0 bridgehead atoms. The first-order chi connectivity index (χ1) is 9.69. The van der Waals surface area contributed by atoms with Crippen LogP contribution < -0.4 is 14.8 Å². The standard InChI is InChI=1S/C16H27NO3/c1-6-13(11-18-3)17-14(7-2)12-8-9-15(19-4)16(10-12)20-5/h8-10,13-14,17H,6-7,11H2,1-5H3. The molecule has 0 aromatic heterocycles. The summed E-state index contributed by atoms with van der Waals surface area (Å²) in [4.78, 5) is 0. The van der Waals surface area contributed by atoms with Crippen LogP contribution in [0.5, 0.6) is 11.5 Å². The van der Waals surface area contributed by atoms with E-state index in [1.165, 1.54) is 5.56 Å². The highest BCUT2D eigenvalue weighted by Gasteiger charge is 2.16. The summed E-state index contributed by atoms with van der Waals surface area (Å²) in [6.07, 6.45) is 2.05. The molecule has 114 valence electrons. The molecule has 0 fully saturated rings. The Balaban J connectivity index is 2.88. The Kier molecular flexibility index (Phi) is 7.41. The van der Waals surface area contributed by atoms with Crippen molar-refractivity contribution in [1.29, 1.82) is 0 Å². The van der Waals surface area contributed by atoms with Crippen molar-refractivity contribution in [3.63, 3.8) is 0 Å². The molecule has 0 saturated heterocycles. The van der Waals surface area contributed by atoms with Gasteiger partial charge >= 0.3 is 0 Å². The van der Waals surface area contributed by atoms with Gasteiger partial charge in [0.15, 0.2) is 11.5 Å². The third-order valence-electron chi connectivity index (χ3n) is 3.52. The van der Waals surface area contributed by atoms with Crippen LogP contribution in [0.4, 0.5) is 0 Å². The minimum Gasteiger partial charge on any atom is -0.493 e. The van der Waals surface area contributed by atoms with Crippen LogP contribution in [0.1, 0.15) is 38.3 Å². The fourth-order valence-corrected chi connectivity index (χ4v) is 2.29. The van der Waals surface area contributed by atoms with Crippen molar-refractivity contribution in [1.82, 2.24) is 5.32 Å². The van der Waals surface area contributed by atoms with Crippen molar-refractivity contribution in [3.05, 3.63) is 23.8 Å². The van der Waals surface area contributed by atoms with Crippen LogP contribution in [0, 0.1) is 0 Å². The largest absolute Gasteiger partial charge is 0.493 e. The van der Waals surface area contributed by atoms with Gasteiger partial charge in [-0.2, -0.15) is 0 Å². The van der Waals surface area contributed by atoms with E-state index >= 15 is 0 Å². The average molecular weight is 281 g/mol. The monoisotopic (exact) mass is 281 g/mol. The van der Waals surface area contributed by atoms with Crippen LogP contribution >= 0.6 is 0 Å². The number of benzene rings is 1. The minimum absolute atomic E-state index is 0.287. The smallest absolute Gasteiger partial charge is 0.161 e. The molecule has 0 heterocycles. The van der Waals surface area contributed by atoms with E-state index in [-0.39, 0.29) is 6.04 Å². The van der Waals surface area contributed by atoms with Gasteiger partial charge in [0.25, 0.3) is 0 Å². The van der Waals surface area contributed by atoms with E-state index < -0.39 is 0 Å². The molecule has 4 heteroatoms. The number of methoxy groups -OCH3 is 3. The van der Waals surface area contributed by atoms with Gasteiger partial charge in [0.05, 0.1) is 20.8 Å². The fourth-order valence-electron chi connectivity index (χ4n) is 2.29. The molecule has 0 aliphatic carbocycles. The summed E-state index contributed by atoms with van der Waals surface area (Å²) in [5, 5.41) is 3.64. The number of ether oxygens (including phenoxy) is 3. The molecule has 0 spiro atoms. The summed E-state index contributed by atoms with van der Waals surface area (Å²) in [6, 6.07) is 6.73. The highest BCUT2D eigenvalue weighted by Crippen LogP contribution is 2.31. The highest BCUT2D eigenvalue weighted by atomic mass is 16.5. The van der Waals surface area contributed by atoms with Crippen LogP contribution in [-0.4, -0.2) is 34.0 Å². The molecular weight excluding hydrogens is 254 g/mol. The van der Waals surface area contributed by atoms with Gasteiger partial charge in [-0.25, -0.2) is 0 Å². The first-order valence-corrected chi connectivity index (χ1v) is 7.16. The number of hydrogen-bond acceptors (Lipinski definition) is 4. The van der Waals surface area contributed by atoms with E-state index in [4.69, 9.17) is 14.2 Å². The Labute approximate surface area is 122 Å². The second-order valence-corrected chi connectivity index (χ2v) is 4.80. The second kappa shape index (κ2) is 8.82. The van der Waals surface area contributed by atoms with E-state index in [0.29, 0.717) is 6.04 Å². The normalized spacial score (nSPS) is 13.8. The molecule has 1 rings (SSSR count). The Hall–Kier alpha value is -1.26. The molecule has 0 radical (unpaired) electrons. The zero-order valence-corrected chi connectivity index (χ0v) is 13.2. The van der Waals surface area contributed by atoms with Crippen molar-refractivity contribution >= 4 is 0 Å². The second-order valence-electron chi connectivity index (χ2n) is 4.80. The predicted molar refractivity (Wildman–Crippen MR) is 81.7 cm³/mol. The van der Waals surface area contributed by atoms with Gasteiger partial charge < -0.3 is 19.5 Å². The molecule has 4 nitrogen and oxygen atoms in total. The SMILES string of the molecule is CCC(COC)NC(CC)c1ccc(OC)c(OC)c1. The van der Waals surface area contributed by atoms with Gasteiger partial charge in [-0.1, -0.05) is 19.9 Å². The van der Waals surface area contributed by atoms with Crippen LogP contribution in [0.25, 0.3) is 0 Å². The molecule has 0 saturated carbocycles. The van der Waals surface area contributed by atoms with Gasteiger partial charge in [0, 0.05) is 19.2 Å². The number of nitrogens with one attached hydrogen (secondary N) is 1. The van der Waals surface area contributed by atoms with Gasteiger partial charge in [-0.05, 0) is 30.5 Å². The summed E-state index contributed by atoms with van der Waals surface area (Å²) in [7, 11) is 5.05. The lowest BCUT2D eigenvalue weighted by Crippen LogP contribution is -2.35. The summed E-state index contributed by atoms with van der Waals surface area (Å²) in [6.45, 7) is 5.06. The summed E-state index contributed by atoms with van der Waals surface area (Å²) in [5.74, 6) is 1.53. The lowest BCUT2D eigenvalue weighted by atomic mass is 10.0. The first-order valence-electron chi connectivity index (χ1n) is 7.16. The van der Waals surface area contributed by atoms with Crippen LogP contribution in [0.3, 0.4) is 0 Å². The van der Waals surface area contributed by atoms with Gasteiger partial charge in [-0.15, -0.1) is 0 Å². The van der Waals surface area contributed by atoms with Gasteiger partial charge in [0.1, 0.15) is 0 Å². The minimum atomic E-state index is 0.287. The highest BCUT2D eigenvalue weighted by molar-refractivity contribution is 5.43. The zero-order chi connectivity index (χ0) is 15.0. The van der Waals surface area contributed by atoms with Gasteiger partial charge in [0.2, 0.25) is 0 Å². The Morgan fingerprint density at radius 1 is 1.00 bits per heavy atom. The molecule has 2 unspecified atom stereocenters. The lowest BCUT2D eigenvalue weighted by Gasteiger charge is -2.24. The summed E-state index contributed by atoms with van der Waals surface area (Å²) in [5.41, 5.74) is 1.21. The molecule has 0 aliphatic rings. The predicted octanol–water partition coefficient (Wildman–Crippen LogP) is 3.17. The van der Waals surface area contributed by atoms with E-state index in [2.05, 4.69) is 25.2 Å². The molecule has 0 aliphatic heterocycles. The first kappa shape index (κ1) is 16.8. The third kappa shape index (κ3) is 4.39. The molecule has 20 heavy (non-hydrogen) atoms. The van der Waals surface area contributed by atoms with Gasteiger partial charge in [-0.3, -0.25) is 0 Å². The molecule has 1 N–H and O–H groups in total. The van der Waals surface area contributed by atoms with Crippen LogP contribution in [-0.2, 0) is 4.74 Å². The molecule has 2 atom stereocenters. The Morgan fingerprint density at radius 3 is 2.20 bits per heavy atom. The third-order valence-corrected chi connectivity index (χ3v) is 3.52. The topological polar surface area (TPSA) is 39.7 Å². The quantitative estimate of drug-likeness (QED) is 0.754. The van der Waals surface area contributed by atoms with Crippen molar-refractivity contribution < 1.29 is 14.2 Å². The summed E-state index contributed by atoms with van der Waals surface area (Å²) < 4.78 is 15.9. The lowest BCUT2D eigenvalue weighted by molar-refractivity contribution is 0.157. The Bertz CT molecular complexity index is 395. The fraction of sp³-hybridized carbons (Fsp3) is 0.625. The van der Waals surface area contributed by atoms with Crippen LogP contribution in [0.2, 0.25) is 0 Å². The molecule has 1 aromatic carbocycles. The molecular formula is C16H27NO3. The van der Waals surface area contributed by atoms with Crippen molar-refractivity contribution in [2.75, 3.05) is 27.9 Å². The van der Waals surface area contributed by atoms with E-state index in [1.54, 1.807) is 21.3 Å². The average Bonchev–Trinajstić information content (AvgIpc) is 2.50. The summed E-state index contributed by atoms with van der Waals surface area (Å²) >= 11 is 0. The number of hydrogen-bond donors (Lipinski definition) is 1. The van der Waals surface area contributed by atoms with E-state index in [9.17, 15) is 0 Å².